The van der Waals surface area contributed by atoms with Gasteiger partial charge < -0.3 is 20.1 Å². The van der Waals surface area contributed by atoms with E-state index >= 15 is 0 Å². The molecule has 0 aromatic heterocycles. The van der Waals surface area contributed by atoms with E-state index in [2.05, 4.69) is 10.6 Å². The van der Waals surface area contributed by atoms with Crippen LogP contribution in [0.2, 0.25) is 0 Å². The highest BCUT2D eigenvalue weighted by Gasteiger charge is 2.39. The van der Waals surface area contributed by atoms with Gasteiger partial charge >= 0.3 is 12.2 Å². The summed E-state index contributed by atoms with van der Waals surface area (Å²) in [6, 6.07) is 0.0434. The largest absolute Gasteiger partial charge is 0.446 e. The third-order valence-electron chi connectivity index (χ3n) is 4.73. The zero-order chi connectivity index (χ0) is 16.2. The fourth-order valence-electron chi connectivity index (χ4n) is 3.46. The van der Waals surface area contributed by atoms with Crippen LogP contribution in [0.15, 0.2) is 0 Å². The number of nitrogens with zero attached hydrogens (tertiary/aromatic N) is 1. The molecular formula is C15H23N3O5. The van der Waals surface area contributed by atoms with Crippen LogP contribution in [0, 0.1) is 0 Å². The van der Waals surface area contributed by atoms with Gasteiger partial charge in [0.25, 0.3) is 5.91 Å². The van der Waals surface area contributed by atoms with Gasteiger partial charge in [-0.2, -0.15) is 0 Å². The molecule has 3 amide bonds. The Balaban J connectivity index is 1.41. The Morgan fingerprint density at radius 2 is 1.83 bits per heavy atom. The van der Waals surface area contributed by atoms with Gasteiger partial charge in [-0.25, -0.2) is 14.5 Å². The lowest BCUT2D eigenvalue weighted by molar-refractivity contribution is -0.128. The normalized spacial score (nSPS) is 29.3. The van der Waals surface area contributed by atoms with Gasteiger partial charge in [-0.3, -0.25) is 4.79 Å². The first-order valence-corrected chi connectivity index (χ1v) is 8.30. The molecule has 2 heterocycles. The van der Waals surface area contributed by atoms with Crippen molar-refractivity contribution in [3.8, 4) is 0 Å². The van der Waals surface area contributed by atoms with Gasteiger partial charge in [0.1, 0.15) is 6.10 Å². The predicted molar refractivity (Wildman–Crippen MR) is 79.7 cm³/mol. The summed E-state index contributed by atoms with van der Waals surface area (Å²) < 4.78 is 10.2. The minimum Gasteiger partial charge on any atom is -0.446 e. The van der Waals surface area contributed by atoms with E-state index < -0.39 is 6.09 Å². The second-order valence-corrected chi connectivity index (χ2v) is 6.32. The zero-order valence-electron chi connectivity index (χ0n) is 13.1. The average molecular weight is 325 g/mol. The number of alkyl carbamates (subject to hydrolysis) is 1. The number of cyclic esters (lactones) is 1. The van der Waals surface area contributed by atoms with Crippen molar-refractivity contribution in [3.63, 3.8) is 0 Å². The highest BCUT2D eigenvalue weighted by molar-refractivity contribution is 5.98. The third kappa shape index (κ3) is 3.93. The lowest BCUT2D eigenvalue weighted by atomic mass is 9.92. The molecule has 2 saturated heterocycles. The summed E-state index contributed by atoms with van der Waals surface area (Å²) in [6.45, 7) is 1.67. The zero-order valence-corrected chi connectivity index (χ0v) is 13.1. The van der Waals surface area contributed by atoms with Crippen LogP contribution >= 0.6 is 0 Å². The molecule has 0 spiro atoms. The van der Waals surface area contributed by atoms with Gasteiger partial charge in [0.2, 0.25) is 0 Å². The summed E-state index contributed by atoms with van der Waals surface area (Å²) in [4.78, 5) is 36.3. The molecule has 3 aliphatic rings. The van der Waals surface area contributed by atoms with Crippen molar-refractivity contribution < 1.29 is 23.9 Å². The quantitative estimate of drug-likeness (QED) is 0.795. The van der Waals surface area contributed by atoms with E-state index in [9.17, 15) is 14.4 Å². The molecule has 0 bridgehead atoms. The van der Waals surface area contributed by atoms with Crippen molar-refractivity contribution in [3.05, 3.63) is 0 Å². The molecule has 2 aliphatic heterocycles. The maximum atomic E-state index is 11.9. The second kappa shape index (κ2) is 7.16. The Morgan fingerprint density at radius 3 is 2.43 bits per heavy atom. The molecule has 23 heavy (non-hydrogen) atoms. The Labute approximate surface area is 134 Å². The molecule has 0 radical (unpaired) electrons. The number of ether oxygens (including phenoxy) is 2. The summed E-state index contributed by atoms with van der Waals surface area (Å²) in [7, 11) is 0. The standard InChI is InChI=1S/C15H23N3O5/c19-13-9-22-15(21)18(13)11-1-3-12(4-2-11)23-14(20)17-10-5-7-16-8-6-10/h10-12,16H,1-9H2,(H,17,20). The van der Waals surface area contributed by atoms with Gasteiger partial charge in [0.05, 0.1) is 0 Å². The van der Waals surface area contributed by atoms with E-state index in [0.29, 0.717) is 25.7 Å². The number of piperidine rings is 1. The highest BCUT2D eigenvalue weighted by atomic mass is 16.6. The van der Waals surface area contributed by atoms with Gasteiger partial charge in [0, 0.05) is 12.1 Å². The van der Waals surface area contributed by atoms with Crippen LogP contribution in [0.1, 0.15) is 38.5 Å². The van der Waals surface area contributed by atoms with E-state index in [1.807, 2.05) is 0 Å². The molecule has 0 unspecified atom stereocenters. The van der Waals surface area contributed by atoms with E-state index in [1.165, 1.54) is 4.90 Å². The molecule has 3 rings (SSSR count). The Morgan fingerprint density at radius 1 is 1.13 bits per heavy atom. The number of rotatable bonds is 3. The summed E-state index contributed by atoms with van der Waals surface area (Å²) in [5.41, 5.74) is 0. The van der Waals surface area contributed by atoms with Crippen molar-refractivity contribution in [2.24, 2.45) is 0 Å². The fraction of sp³-hybridized carbons (Fsp3) is 0.800. The van der Waals surface area contributed by atoms with Crippen molar-refractivity contribution in [2.45, 2.75) is 56.7 Å². The van der Waals surface area contributed by atoms with Crippen LogP contribution < -0.4 is 10.6 Å². The molecule has 3 fully saturated rings. The molecular weight excluding hydrogens is 302 g/mol. The maximum absolute atomic E-state index is 11.9. The molecule has 128 valence electrons. The maximum Gasteiger partial charge on any atom is 0.417 e. The first-order valence-electron chi connectivity index (χ1n) is 8.30. The minimum atomic E-state index is -0.553. The summed E-state index contributed by atoms with van der Waals surface area (Å²) >= 11 is 0. The number of nitrogens with one attached hydrogen (secondary N) is 2. The van der Waals surface area contributed by atoms with Crippen molar-refractivity contribution in [1.82, 2.24) is 15.5 Å². The fourth-order valence-corrected chi connectivity index (χ4v) is 3.46. The first kappa shape index (κ1) is 16.0. The number of carbonyl (C=O) groups excluding carboxylic acids is 3. The van der Waals surface area contributed by atoms with Crippen LogP contribution in [0.25, 0.3) is 0 Å². The molecule has 1 saturated carbocycles. The van der Waals surface area contributed by atoms with Gasteiger partial charge in [-0.1, -0.05) is 0 Å². The smallest absolute Gasteiger partial charge is 0.417 e. The van der Waals surface area contributed by atoms with Crippen molar-refractivity contribution >= 4 is 18.1 Å². The van der Waals surface area contributed by atoms with Gasteiger partial charge in [-0.05, 0) is 51.6 Å². The van der Waals surface area contributed by atoms with Gasteiger partial charge in [-0.15, -0.1) is 0 Å². The third-order valence-corrected chi connectivity index (χ3v) is 4.73. The summed E-state index contributed by atoms with van der Waals surface area (Å²) in [5.74, 6) is -0.275. The molecule has 0 aromatic carbocycles. The van der Waals surface area contributed by atoms with Crippen LogP contribution in [0.3, 0.4) is 0 Å². The topological polar surface area (TPSA) is 97.0 Å². The van der Waals surface area contributed by atoms with Crippen LogP contribution in [0.4, 0.5) is 9.59 Å². The van der Waals surface area contributed by atoms with Crippen LogP contribution in [-0.2, 0) is 14.3 Å². The van der Waals surface area contributed by atoms with Crippen LogP contribution in [-0.4, -0.2) is 60.9 Å². The van der Waals surface area contributed by atoms with E-state index in [4.69, 9.17) is 9.47 Å². The number of amides is 3. The molecule has 2 N–H and O–H groups in total. The second-order valence-electron chi connectivity index (χ2n) is 6.32. The van der Waals surface area contributed by atoms with Crippen molar-refractivity contribution in [2.75, 3.05) is 19.7 Å². The Bertz CT molecular complexity index is 454. The number of carbonyl (C=O) groups is 3. The monoisotopic (exact) mass is 325 g/mol. The summed E-state index contributed by atoms with van der Waals surface area (Å²) in [6.07, 6.45) is 3.37. The average Bonchev–Trinajstić information content (AvgIpc) is 2.88. The first-order chi connectivity index (χ1) is 11.1. The highest BCUT2D eigenvalue weighted by Crippen LogP contribution is 2.27. The minimum absolute atomic E-state index is 0.134. The van der Waals surface area contributed by atoms with Crippen molar-refractivity contribution in [1.29, 1.82) is 0 Å². The Hall–Kier alpha value is -1.83. The number of imide groups is 1. The lowest BCUT2D eigenvalue weighted by Crippen LogP contribution is -2.45. The molecule has 0 atom stereocenters. The Kier molecular flexibility index (Phi) is 5.00. The molecule has 8 nitrogen and oxygen atoms in total. The number of hydrogen-bond acceptors (Lipinski definition) is 6. The molecule has 8 heteroatoms. The lowest BCUT2D eigenvalue weighted by Gasteiger charge is -2.32. The van der Waals surface area contributed by atoms with E-state index in [1.54, 1.807) is 0 Å². The summed E-state index contributed by atoms with van der Waals surface area (Å²) in [5, 5.41) is 6.15. The number of hydrogen-bond donors (Lipinski definition) is 2. The van der Waals surface area contributed by atoms with E-state index in [0.717, 1.165) is 25.9 Å². The van der Waals surface area contributed by atoms with E-state index in [-0.39, 0.29) is 36.8 Å². The molecule has 0 aromatic rings. The molecule has 1 aliphatic carbocycles. The SMILES string of the molecule is O=C(NC1CCNCC1)OC1CCC(N2C(=O)COC2=O)CC1. The van der Waals surface area contributed by atoms with Crippen LogP contribution in [0.5, 0.6) is 0 Å². The van der Waals surface area contributed by atoms with Gasteiger partial charge in [0.15, 0.2) is 6.61 Å². The predicted octanol–water partition coefficient (Wildman–Crippen LogP) is 0.755.